The van der Waals surface area contributed by atoms with Crippen LogP contribution in [-0.2, 0) is 0 Å². The van der Waals surface area contributed by atoms with E-state index >= 15 is 0 Å². The molecule has 1 aromatic carbocycles. The molecule has 0 fully saturated rings. The van der Waals surface area contributed by atoms with E-state index in [4.69, 9.17) is 11.5 Å². The number of nitrogens with two attached hydrogens (primary N) is 2. The predicted octanol–water partition coefficient (Wildman–Crippen LogP) is 1.37. The van der Waals surface area contributed by atoms with Crippen LogP contribution < -0.4 is 11.5 Å². The van der Waals surface area contributed by atoms with Crippen LogP contribution in [0.4, 0.5) is 11.8 Å². The standard InChI is InChI=1S/C14H11N7/c15-7-11-12(19-14(17)20-13(11)16)9-1-3-10(4-2-9)21-6-5-18-8-21/h1-6,8H,(H4,16,17,19,20). The van der Waals surface area contributed by atoms with Crippen LogP contribution in [-0.4, -0.2) is 19.5 Å². The molecule has 4 N–H and O–H groups in total. The lowest BCUT2D eigenvalue weighted by atomic mass is 10.1. The number of rotatable bonds is 2. The van der Waals surface area contributed by atoms with E-state index in [2.05, 4.69) is 15.0 Å². The van der Waals surface area contributed by atoms with E-state index < -0.39 is 0 Å². The van der Waals surface area contributed by atoms with E-state index in [0.29, 0.717) is 5.69 Å². The molecule has 0 saturated carbocycles. The first-order valence-electron chi connectivity index (χ1n) is 6.11. The number of hydrogen-bond acceptors (Lipinski definition) is 6. The van der Waals surface area contributed by atoms with E-state index in [1.165, 1.54) is 0 Å². The topological polar surface area (TPSA) is 119 Å². The third kappa shape index (κ3) is 2.26. The van der Waals surface area contributed by atoms with E-state index in [9.17, 15) is 5.26 Å². The Balaban J connectivity index is 2.08. The minimum atomic E-state index is 0.0418. The number of aromatic nitrogens is 4. The monoisotopic (exact) mass is 277 g/mol. The summed E-state index contributed by atoms with van der Waals surface area (Å²) in [5, 5.41) is 9.19. The zero-order valence-electron chi connectivity index (χ0n) is 10.9. The molecule has 0 amide bonds. The van der Waals surface area contributed by atoms with Crippen molar-refractivity contribution in [3.05, 3.63) is 48.5 Å². The lowest BCUT2D eigenvalue weighted by Crippen LogP contribution is -2.05. The Labute approximate surface area is 120 Å². The molecule has 7 nitrogen and oxygen atoms in total. The first kappa shape index (κ1) is 12.6. The second-order valence-electron chi connectivity index (χ2n) is 4.32. The summed E-state index contributed by atoms with van der Waals surface area (Å²) in [4.78, 5) is 11.9. The summed E-state index contributed by atoms with van der Waals surface area (Å²) >= 11 is 0. The summed E-state index contributed by atoms with van der Waals surface area (Å²) in [7, 11) is 0. The van der Waals surface area contributed by atoms with Gasteiger partial charge in [-0.3, -0.25) is 0 Å². The number of imidazole rings is 1. The summed E-state index contributed by atoms with van der Waals surface area (Å²) in [5.74, 6) is 0.124. The van der Waals surface area contributed by atoms with Gasteiger partial charge in [0.05, 0.1) is 12.0 Å². The van der Waals surface area contributed by atoms with Gasteiger partial charge in [0.15, 0.2) is 0 Å². The van der Waals surface area contributed by atoms with Gasteiger partial charge in [-0.15, -0.1) is 0 Å². The number of hydrogen-bond donors (Lipinski definition) is 2. The summed E-state index contributed by atoms with van der Waals surface area (Å²) in [6, 6.07) is 9.49. The SMILES string of the molecule is N#Cc1c(N)nc(N)nc1-c1ccc(-n2ccnc2)cc1. The number of nitriles is 1. The Kier molecular flexibility index (Phi) is 2.97. The van der Waals surface area contributed by atoms with Crippen LogP contribution in [0.1, 0.15) is 5.56 Å². The summed E-state index contributed by atoms with van der Waals surface area (Å²) < 4.78 is 1.87. The first-order valence-corrected chi connectivity index (χ1v) is 6.11. The summed E-state index contributed by atoms with van der Waals surface area (Å²) in [6.07, 6.45) is 5.25. The predicted molar refractivity (Wildman–Crippen MR) is 78.1 cm³/mol. The van der Waals surface area contributed by atoms with Crippen molar-refractivity contribution in [3.63, 3.8) is 0 Å². The van der Waals surface area contributed by atoms with Gasteiger partial charge in [0.2, 0.25) is 5.95 Å². The van der Waals surface area contributed by atoms with Gasteiger partial charge < -0.3 is 16.0 Å². The lowest BCUT2D eigenvalue weighted by Gasteiger charge is -2.08. The van der Waals surface area contributed by atoms with Gasteiger partial charge in [0.1, 0.15) is 17.5 Å². The van der Waals surface area contributed by atoms with Crippen LogP contribution in [0.3, 0.4) is 0 Å². The molecule has 21 heavy (non-hydrogen) atoms. The molecule has 3 rings (SSSR count). The maximum Gasteiger partial charge on any atom is 0.222 e. The highest BCUT2D eigenvalue weighted by Gasteiger charge is 2.13. The van der Waals surface area contributed by atoms with E-state index in [1.54, 1.807) is 12.5 Å². The largest absolute Gasteiger partial charge is 0.382 e. The molecule has 0 radical (unpaired) electrons. The van der Waals surface area contributed by atoms with Gasteiger partial charge in [-0.1, -0.05) is 12.1 Å². The Morgan fingerprint density at radius 2 is 1.86 bits per heavy atom. The molecule has 0 saturated heterocycles. The first-order chi connectivity index (χ1) is 10.2. The molecule has 102 valence electrons. The smallest absolute Gasteiger partial charge is 0.222 e. The van der Waals surface area contributed by atoms with Gasteiger partial charge in [0.25, 0.3) is 0 Å². The molecular formula is C14H11N7. The number of nitrogens with zero attached hydrogens (tertiary/aromatic N) is 5. The molecule has 0 bridgehead atoms. The van der Waals surface area contributed by atoms with Crippen molar-refractivity contribution in [3.8, 4) is 23.0 Å². The van der Waals surface area contributed by atoms with Crippen molar-refractivity contribution in [1.29, 1.82) is 5.26 Å². The van der Waals surface area contributed by atoms with Crippen molar-refractivity contribution in [2.24, 2.45) is 0 Å². The van der Waals surface area contributed by atoms with Crippen molar-refractivity contribution in [2.75, 3.05) is 11.5 Å². The maximum atomic E-state index is 9.19. The third-order valence-corrected chi connectivity index (χ3v) is 3.01. The van der Waals surface area contributed by atoms with E-state index in [0.717, 1.165) is 11.3 Å². The minimum Gasteiger partial charge on any atom is -0.382 e. The van der Waals surface area contributed by atoms with Gasteiger partial charge in [-0.25, -0.2) is 9.97 Å². The molecular weight excluding hydrogens is 266 g/mol. The highest BCUT2D eigenvalue weighted by molar-refractivity contribution is 5.73. The molecule has 0 aliphatic heterocycles. The molecule has 2 heterocycles. The fourth-order valence-electron chi connectivity index (χ4n) is 2.02. The van der Waals surface area contributed by atoms with E-state index in [-0.39, 0.29) is 17.3 Å². The molecule has 0 atom stereocenters. The van der Waals surface area contributed by atoms with Crippen molar-refractivity contribution < 1.29 is 0 Å². The van der Waals surface area contributed by atoms with Crippen LogP contribution in [0.15, 0.2) is 43.0 Å². The van der Waals surface area contributed by atoms with Gasteiger partial charge >= 0.3 is 0 Å². The van der Waals surface area contributed by atoms with Crippen LogP contribution >= 0.6 is 0 Å². The molecule has 3 aromatic rings. The number of nitrogen functional groups attached to an aromatic ring is 2. The van der Waals surface area contributed by atoms with Crippen LogP contribution in [0.25, 0.3) is 16.9 Å². The quantitative estimate of drug-likeness (QED) is 0.729. The molecule has 0 aliphatic carbocycles. The number of anilines is 2. The maximum absolute atomic E-state index is 9.19. The number of benzene rings is 1. The van der Waals surface area contributed by atoms with Crippen molar-refractivity contribution >= 4 is 11.8 Å². The summed E-state index contributed by atoms with van der Waals surface area (Å²) in [5.41, 5.74) is 13.7. The molecule has 2 aromatic heterocycles. The molecule has 0 spiro atoms. The molecule has 0 unspecified atom stereocenters. The average Bonchev–Trinajstić information content (AvgIpc) is 3.01. The zero-order chi connectivity index (χ0) is 14.8. The van der Waals surface area contributed by atoms with Gasteiger partial charge in [-0.05, 0) is 12.1 Å². The third-order valence-electron chi connectivity index (χ3n) is 3.01. The van der Waals surface area contributed by atoms with Crippen LogP contribution in [0, 0.1) is 11.3 Å². The second kappa shape index (κ2) is 4.94. The Morgan fingerprint density at radius 3 is 2.48 bits per heavy atom. The fourth-order valence-corrected chi connectivity index (χ4v) is 2.02. The van der Waals surface area contributed by atoms with E-state index in [1.807, 2.05) is 41.1 Å². The summed E-state index contributed by atoms with van der Waals surface area (Å²) in [6.45, 7) is 0. The molecule has 0 aliphatic rings. The van der Waals surface area contributed by atoms with Crippen molar-refractivity contribution in [2.45, 2.75) is 0 Å². The lowest BCUT2D eigenvalue weighted by molar-refractivity contribution is 1.06. The highest BCUT2D eigenvalue weighted by atomic mass is 15.0. The van der Waals surface area contributed by atoms with Crippen molar-refractivity contribution in [1.82, 2.24) is 19.5 Å². The fraction of sp³-hybridized carbons (Fsp3) is 0. The minimum absolute atomic E-state index is 0.0418. The molecule has 7 heteroatoms. The zero-order valence-corrected chi connectivity index (χ0v) is 10.9. The van der Waals surface area contributed by atoms with Gasteiger partial charge in [-0.2, -0.15) is 10.2 Å². The Bertz CT molecular complexity index is 814. The Hall–Kier alpha value is -3.40. The normalized spacial score (nSPS) is 10.2. The Morgan fingerprint density at radius 1 is 1.10 bits per heavy atom. The highest BCUT2D eigenvalue weighted by Crippen LogP contribution is 2.26. The average molecular weight is 277 g/mol. The van der Waals surface area contributed by atoms with Crippen LogP contribution in [0.2, 0.25) is 0 Å². The van der Waals surface area contributed by atoms with Gasteiger partial charge in [0, 0.05) is 23.6 Å². The van der Waals surface area contributed by atoms with Crippen LogP contribution in [0.5, 0.6) is 0 Å². The second-order valence-corrected chi connectivity index (χ2v) is 4.32.